The molecule has 1 aliphatic rings. The molecule has 2 nitrogen and oxygen atoms in total. The maximum atomic E-state index is 10.9. The van der Waals surface area contributed by atoms with Crippen LogP contribution < -0.4 is 0 Å². The lowest BCUT2D eigenvalue weighted by Gasteiger charge is -2.36. The molecule has 0 heterocycles. The Morgan fingerprint density at radius 3 is 2.65 bits per heavy atom. The highest BCUT2D eigenvalue weighted by Crippen LogP contribution is 2.38. The lowest BCUT2D eigenvalue weighted by Crippen LogP contribution is -2.43. The van der Waals surface area contributed by atoms with E-state index in [9.17, 15) is 10.2 Å². The van der Waals surface area contributed by atoms with E-state index in [2.05, 4.69) is 13.2 Å². The van der Waals surface area contributed by atoms with Gasteiger partial charge in [-0.15, -0.1) is 13.2 Å². The fourth-order valence-electron chi connectivity index (χ4n) is 2.61. The molecular weight excluding hydrogens is 248 g/mol. The van der Waals surface area contributed by atoms with Crippen LogP contribution in [0.15, 0.2) is 67.8 Å². The highest BCUT2D eigenvalue weighted by molar-refractivity contribution is 5.78. The first-order valence-electron chi connectivity index (χ1n) is 6.73. The summed E-state index contributed by atoms with van der Waals surface area (Å²) in [5, 5.41) is 21.0. The van der Waals surface area contributed by atoms with Crippen LogP contribution in [-0.4, -0.2) is 21.9 Å². The molecular formula is C18H20O2. The highest BCUT2D eigenvalue weighted by atomic mass is 16.3. The summed E-state index contributed by atoms with van der Waals surface area (Å²) in [6.45, 7) is 7.45. The Bertz CT molecular complexity index is 569. The van der Waals surface area contributed by atoms with Crippen molar-refractivity contribution in [1.82, 2.24) is 0 Å². The third kappa shape index (κ3) is 2.53. The molecule has 0 bridgehead atoms. The van der Waals surface area contributed by atoms with Gasteiger partial charge in [-0.05, 0) is 23.1 Å². The van der Waals surface area contributed by atoms with Gasteiger partial charge in [-0.2, -0.15) is 0 Å². The molecule has 1 aromatic carbocycles. The Balaban J connectivity index is 2.54. The number of rotatable bonds is 5. The molecule has 0 radical (unpaired) electrons. The van der Waals surface area contributed by atoms with Gasteiger partial charge in [0.2, 0.25) is 0 Å². The minimum Gasteiger partial charge on any atom is -0.386 e. The first-order chi connectivity index (χ1) is 9.63. The fraction of sp³-hybridized carbons (Fsp3) is 0.222. The van der Waals surface area contributed by atoms with Gasteiger partial charge in [0.05, 0.1) is 0 Å². The van der Waals surface area contributed by atoms with Crippen LogP contribution in [0.5, 0.6) is 0 Å². The third-order valence-electron chi connectivity index (χ3n) is 3.64. The number of benzene rings is 1. The average molecular weight is 268 g/mol. The van der Waals surface area contributed by atoms with Gasteiger partial charge >= 0.3 is 0 Å². The Kier molecular flexibility index (Phi) is 4.38. The Morgan fingerprint density at radius 1 is 1.20 bits per heavy atom. The SMILES string of the molecule is C=CCc1ccccc1C1=CC=CC(O)C1(O)CC=C. The number of hydrogen-bond acceptors (Lipinski definition) is 2. The van der Waals surface area contributed by atoms with Crippen molar-refractivity contribution in [2.75, 3.05) is 0 Å². The molecule has 104 valence electrons. The standard InChI is InChI=1S/C18H20O2/c1-3-8-14-9-5-6-10-15(14)16-11-7-12-17(19)18(16,20)13-4-2/h3-7,9-12,17,19-20H,1-2,8,13H2. The van der Waals surface area contributed by atoms with E-state index in [0.29, 0.717) is 6.42 Å². The molecule has 2 unspecified atom stereocenters. The molecule has 0 spiro atoms. The van der Waals surface area contributed by atoms with Gasteiger partial charge < -0.3 is 10.2 Å². The van der Waals surface area contributed by atoms with Gasteiger partial charge in [0.1, 0.15) is 11.7 Å². The molecule has 0 aliphatic heterocycles. The molecule has 2 heteroatoms. The monoisotopic (exact) mass is 268 g/mol. The molecule has 0 amide bonds. The van der Waals surface area contributed by atoms with Crippen molar-refractivity contribution in [3.8, 4) is 0 Å². The van der Waals surface area contributed by atoms with E-state index in [1.54, 1.807) is 18.2 Å². The summed E-state index contributed by atoms with van der Waals surface area (Å²) in [7, 11) is 0. The Hall–Kier alpha value is -1.90. The van der Waals surface area contributed by atoms with E-state index < -0.39 is 11.7 Å². The second-order valence-electron chi connectivity index (χ2n) is 4.98. The Morgan fingerprint density at radius 2 is 1.95 bits per heavy atom. The summed E-state index contributed by atoms with van der Waals surface area (Å²) in [5.41, 5.74) is 1.43. The van der Waals surface area contributed by atoms with Crippen LogP contribution in [0, 0.1) is 0 Å². The van der Waals surface area contributed by atoms with Gasteiger partial charge in [0, 0.05) is 6.42 Å². The summed E-state index contributed by atoms with van der Waals surface area (Å²) in [5.74, 6) is 0. The number of allylic oxidation sites excluding steroid dienone is 3. The molecule has 0 saturated carbocycles. The topological polar surface area (TPSA) is 40.5 Å². The molecule has 2 N–H and O–H groups in total. The Labute approximate surface area is 120 Å². The van der Waals surface area contributed by atoms with Crippen LogP contribution in [-0.2, 0) is 6.42 Å². The largest absolute Gasteiger partial charge is 0.386 e. The van der Waals surface area contributed by atoms with Crippen LogP contribution in [0.4, 0.5) is 0 Å². The van der Waals surface area contributed by atoms with Crippen molar-refractivity contribution >= 4 is 5.57 Å². The summed E-state index contributed by atoms with van der Waals surface area (Å²) >= 11 is 0. The number of aliphatic hydroxyl groups excluding tert-OH is 1. The van der Waals surface area contributed by atoms with Crippen molar-refractivity contribution in [3.63, 3.8) is 0 Å². The molecule has 0 aromatic heterocycles. The van der Waals surface area contributed by atoms with E-state index in [-0.39, 0.29) is 0 Å². The first-order valence-corrected chi connectivity index (χ1v) is 6.73. The number of aliphatic hydroxyl groups is 2. The predicted molar refractivity (Wildman–Crippen MR) is 83.2 cm³/mol. The minimum atomic E-state index is -1.33. The summed E-state index contributed by atoms with van der Waals surface area (Å²) in [4.78, 5) is 0. The van der Waals surface area contributed by atoms with Gasteiger partial charge in [-0.25, -0.2) is 0 Å². The zero-order chi connectivity index (χ0) is 14.6. The van der Waals surface area contributed by atoms with Crippen LogP contribution in [0.2, 0.25) is 0 Å². The molecule has 2 atom stereocenters. The normalized spacial score (nSPS) is 25.1. The van der Waals surface area contributed by atoms with Gasteiger partial charge in [0.15, 0.2) is 0 Å². The van der Waals surface area contributed by atoms with Gasteiger partial charge in [-0.1, -0.05) is 54.6 Å². The average Bonchev–Trinajstić information content (AvgIpc) is 2.44. The van der Waals surface area contributed by atoms with Crippen LogP contribution in [0.25, 0.3) is 5.57 Å². The fourth-order valence-corrected chi connectivity index (χ4v) is 2.61. The predicted octanol–water partition coefficient (Wildman–Crippen LogP) is 3.04. The highest BCUT2D eigenvalue weighted by Gasteiger charge is 2.39. The number of hydrogen-bond donors (Lipinski definition) is 2. The lowest BCUT2D eigenvalue weighted by molar-refractivity contribution is -0.00448. The maximum Gasteiger partial charge on any atom is 0.123 e. The summed E-state index contributed by atoms with van der Waals surface area (Å²) in [6, 6.07) is 7.87. The second kappa shape index (κ2) is 6.04. The van der Waals surface area contributed by atoms with Gasteiger partial charge in [-0.3, -0.25) is 0 Å². The van der Waals surface area contributed by atoms with E-state index >= 15 is 0 Å². The lowest BCUT2D eigenvalue weighted by atomic mass is 9.77. The molecule has 20 heavy (non-hydrogen) atoms. The molecule has 1 aromatic rings. The van der Waals surface area contributed by atoms with Crippen molar-refractivity contribution in [3.05, 3.63) is 78.9 Å². The van der Waals surface area contributed by atoms with E-state index in [4.69, 9.17) is 0 Å². The zero-order valence-electron chi connectivity index (χ0n) is 11.5. The van der Waals surface area contributed by atoms with E-state index in [1.165, 1.54) is 0 Å². The van der Waals surface area contributed by atoms with Crippen LogP contribution in [0.1, 0.15) is 17.5 Å². The second-order valence-corrected chi connectivity index (χ2v) is 4.98. The molecule has 1 aliphatic carbocycles. The molecule has 2 rings (SSSR count). The van der Waals surface area contributed by atoms with Crippen molar-refractivity contribution < 1.29 is 10.2 Å². The minimum absolute atomic E-state index is 0.298. The van der Waals surface area contributed by atoms with E-state index in [0.717, 1.165) is 23.1 Å². The summed E-state index contributed by atoms with van der Waals surface area (Å²) in [6.07, 6.45) is 8.79. The van der Waals surface area contributed by atoms with Crippen molar-refractivity contribution in [2.24, 2.45) is 0 Å². The van der Waals surface area contributed by atoms with Crippen molar-refractivity contribution in [1.29, 1.82) is 0 Å². The van der Waals surface area contributed by atoms with Crippen LogP contribution in [0.3, 0.4) is 0 Å². The smallest absolute Gasteiger partial charge is 0.123 e. The first kappa shape index (κ1) is 14.5. The van der Waals surface area contributed by atoms with Crippen molar-refractivity contribution in [2.45, 2.75) is 24.5 Å². The van der Waals surface area contributed by atoms with Crippen LogP contribution >= 0.6 is 0 Å². The summed E-state index contributed by atoms with van der Waals surface area (Å²) < 4.78 is 0. The van der Waals surface area contributed by atoms with E-state index in [1.807, 2.05) is 36.4 Å². The maximum absolute atomic E-state index is 10.9. The van der Waals surface area contributed by atoms with Gasteiger partial charge in [0.25, 0.3) is 0 Å². The quantitative estimate of drug-likeness (QED) is 0.806. The zero-order valence-corrected chi connectivity index (χ0v) is 11.5. The molecule has 0 saturated heterocycles. The third-order valence-corrected chi connectivity index (χ3v) is 3.64. The molecule has 0 fully saturated rings.